The summed E-state index contributed by atoms with van der Waals surface area (Å²) in [5.74, 6) is 0. The van der Waals surface area contributed by atoms with E-state index in [9.17, 15) is 8.42 Å². The Morgan fingerprint density at radius 2 is 1.95 bits per heavy atom. The summed E-state index contributed by atoms with van der Waals surface area (Å²) < 4.78 is 29.7. The number of rotatable bonds is 3. The van der Waals surface area contributed by atoms with Gasteiger partial charge in [-0.2, -0.15) is 9.40 Å². The molecule has 0 N–H and O–H groups in total. The lowest BCUT2D eigenvalue weighted by atomic mass is 10.0. The molecule has 7 heteroatoms. The van der Waals surface area contributed by atoms with E-state index in [0.29, 0.717) is 10.6 Å². The standard InChI is InChI=1S/C15H21N3O2S2/c1-11-6-4-7-12(2)18(11)22(19,20)14-10-17(3)16-15(14)13-8-5-9-21-13/h5,8-12H,4,6-7H2,1-3H3. The van der Waals surface area contributed by atoms with E-state index in [0.717, 1.165) is 24.1 Å². The maximum Gasteiger partial charge on any atom is 0.247 e. The molecule has 1 saturated heterocycles. The molecule has 120 valence electrons. The fourth-order valence-electron chi connectivity index (χ4n) is 3.22. The smallest absolute Gasteiger partial charge is 0.247 e. The molecule has 2 atom stereocenters. The largest absolute Gasteiger partial charge is 0.274 e. The van der Waals surface area contributed by atoms with Crippen LogP contribution < -0.4 is 0 Å². The highest BCUT2D eigenvalue weighted by Gasteiger charge is 2.38. The summed E-state index contributed by atoms with van der Waals surface area (Å²) >= 11 is 1.51. The van der Waals surface area contributed by atoms with Gasteiger partial charge in [0.05, 0.1) is 4.88 Å². The number of thiophene rings is 1. The van der Waals surface area contributed by atoms with Crippen LogP contribution in [0.2, 0.25) is 0 Å². The molecule has 1 aliphatic heterocycles. The zero-order chi connectivity index (χ0) is 15.9. The van der Waals surface area contributed by atoms with Crippen LogP contribution in [0.25, 0.3) is 10.6 Å². The summed E-state index contributed by atoms with van der Waals surface area (Å²) in [6.07, 6.45) is 4.54. The second kappa shape index (κ2) is 5.79. The van der Waals surface area contributed by atoms with Crippen LogP contribution in [-0.2, 0) is 17.1 Å². The molecule has 0 amide bonds. The van der Waals surface area contributed by atoms with Gasteiger partial charge in [-0.3, -0.25) is 4.68 Å². The van der Waals surface area contributed by atoms with Crippen molar-refractivity contribution >= 4 is 21.4 Å². The van der Waals surface area contributed by atoms with Crippen molar-refractivity contribution in [3.63, 3.8) is 0 Å². The molecular weight excluding hydrogens is 318 g/mol. The van der Waals surface area contributed by atoms with Gasteiger partial charge in [0.15, 0.2) is 0 Å². The van der Waals surface area contributed by atoms with Gasteiger partial charge in [-0.25, -0.2) is 8.42 Å². The van der Waals surface area contributed by atoms with E-state index in [2.05, 4.69) is 5.10 Å². The van der Waals surface area contributed by atoms with Gasteiger partial charge in [0, 0.05) is 25.3 Å². The van der Waals surface area contributed by atoms with Crippen LogP contribution in [0, 0.1) is 0 Å². The number of hydrogen-bond acceptors (Lipinski definition) is 4. The van der Waals surface area contributed by atoms with E-state index in [1.54, 1.807) is 22.2 Å². The molecule has 5 nitrogen and oxygen atoms in total. The first-order chi connectivity index (χ1) is 10.4. The maximum absolute atomic E-state index is 13.2. The predicted octanol–water partition coefficient (Wildman–Crippen LogP) is 3.10. The topological polar surface area (TPSA) is 55.2 Å². The molecule has 0 spiro atoms. The van der Waals surface area contributed by atoms with Gasteiger partial charge in [0.25, 0.3) is 0 Å². The van der Waals surface area contributed by atoms with Gasteiger partial charge in [-0.15, -0.1) is 11.3 Å². The number of nitrogens with zero attached hydrogens (tertiary/aromatic N) is 3. The molecule has 0 aliphatic carbocycles. The Kier molecular flexibility index (Phi) is 4.13. The van der Waals surface area contributed by atoms with Crippen LogP contribution in [0.3, 0.4) is 0 Å². The van der Waals surface area contributed by atoms with Gasteiger partial charge in [-0.05, 0) is 38.1 Å². The second-order valence-electron chi connectivity index (χ2n) is 5.96. The molecule has 1 aliphatic rings. The number of sulfonamides is 1. The SMILES string of the molecule is CC1CCCC(C)N1S(=O)(=O)c1cn(C)nc1-c1cccs1. The fourth-order valence-corrected chi connectivity index (χ4v) is 6.08. The predicted molar refractivity (Wildman–Crippen MR) is 88.3 cm³/mol. The summed E-state index contributed by atoms with van der Waals surface area (Å²) in [6, 6.07) is 3.89. The van der Waals surface area contributed by atoms with Crippen LogP contribution >= 0.6 is 11.3 Å². The van der Waals surface area contributed by atoms with Gasteiger partial charge in [0.1, 0.15) is 10.6 Å². The quantitative estimate of drug-likeness (QED) is 0.863. The Labute approximate surface area is 135 Å². The molecular formula is C15H21N3O2S2. The summed E-state index contributed by atoms with van der Waals surface area (Å²) in [5.41, 5.74) is 0.558. The van der Waals surface area contributed by atoms with E-state index in [1.807, 2.05) is 31.4 Å². The third-order valence-electron chi connectivity index (χ3n) is 4.22. The number of hydrogen-bond donors (Lipinski definition) is 0. The Morgan fingerprint density at radius 3 is 2.55 bits per heavy atom. The summed E-state index contributed by atoms with van der Waals surface area (Å²) in [5, 5.41) is 6.32. The first kappa shape index (κ1) is 15.7. The van der Waals surface area contributed by atoms with Crippen LogP contribution in [0.5, 0.6) is 0 Å². The fraction of sp³-hybridized carbons (Fsp3) is 0.533. The van der Waals surface area contributed by atoms with Crippen LogP contribution in [0.15, 0.2) is 28.6 Å². The molecule has 0 radical (unpaired) electrons. The van der Waals surface area contributed by atoms with Crippen LogP contribution in [-0.4, -0.2) is 34.6 Å². The average Bonchev–Trinajstić information content (AvgIpc) is 3.06. The van der Waals surface area contributed by atoms with Gasteiger partial charge >= 0.3 is 0 Å². The highest BCUT2D eigenvalue weighted by molar-refractivity contribution is 7.89. The van der Waals surface area contributed by atoms with Crippen molar-refractivity contribution in [1.82, 2.24) is 14.1 Å². The zero-order valence-electron chi connectivity index (χ0n) is 13.1. The summed E-state index contributed by atoms with van der Waals surface area (Å²) in [6.45, 7) is 3.99. The lowest BCUT2D eigenvalue weighted by Gasteiger charge is -2.37. The van der Waals surface area contributed by atoms with Gasteiger partial charge < -0.3 is 0 Å². The van der Waals surface area contributed by atoms with E-state index in [-0.39, 0.29) is 12.1 Å². The minimum atomic E-state index is -3.54. The van der Waals surface area contributed by atoms with Gasteiger partial charge in [0.2, 0.25) is 10.0 Å². The normalized spacial score (nSPS) is 23.8. The summed E-state index contributed by atoms with van der Waals surface area (Å²) in [7, 11) is -1.78. The van der Waals surface area contributed by atoms with Crippen molar-refractivity contribution in [2.45, 2.75) is 50.1 Å². The van der Waals surface area contributed by atoms with Crippen molar-refractivity contribution in [2.75, 3.05) is 0 Å². The third-order valence-corrected chi connectivity index (χ3v) is 7.22. The molecule has 22 heavy (non-hydrogen) atoms. The number of aryl methyl sites for hydroxylation is 1. The van der Waals surface area contributed by atoms with E-state index in [1.165, 1.54) is 11.3 Å². The zero-order valence-corrected chi connectivity index (χ0v) is 14.7. The number of aromatic nitrogens is 2. The highest BCUT2D eigenvalue weighted by atomic mass is 32.2. The molecule has 0 saturated carbocycles. The maximum atomic E-state index is 13.2. The van der Waals surface area contributed by atoms with Crippen LogP contribution in [0.1, 0.15) is 33.1 Å². The van der Waals surface area contributed by atoms with Crippen molar-refractivity contribution in [3.05, 3.63) is 23.7 Å². The summed E-state index contributed by atoms with van der Waals surface area (Å²) in [4.78, 5) is 1.20. The molecule has 1 fully saturated rings. The highest BCUT2D eigenvalue weighted by Crippen LogP contribution is 2.35. The van der Waals surface area contributed by atoms with E-state index >= 15 is 0 Å². The molecule has 3 rings (SSSR count). The van der Waals surface area contributed by atoms with E-state index in [4.69, 9.17) is 0 Å². The van der Waals surface area contributed by atoms with Gasteiger partial charge in [-0.1, -0.05) is 12.5 Å². The lowest BCUT2D eigenvalue weighted by molar-refractivity contribution is 0.204. The number of piperidine rings is 1. The first-order valence-electron chi connectivity index (χ1n) is 7.52. The van der Waals surface area contributed by atoms with E-state index < -0.39 is 10.0 Å². The Bertz CT molecular complexity index is 740. The first-order valence-corrected chi connectivity index (χ1v) is 9.84. The van der Waals surface area contributed by atoms with Crippen molar-refractivity contribution in [1.29, 1.82) is 0 Å². The second-order valence-corrected chi connectivity index (χ2v) is 8.72. The van der Waals surface area contributed by atoms with Crippen LogP contribution in [0.4, 0.5) is 0 Å². The average molecular weight is 339 g/mol. The third kappa shape index (κ3) is 2.61. The van der Waals surface area contributed by atoms with Crippen molar-refractivity contribution < 1.29 is 8.42 Å². The molecule has 2 aromatic rings. The molecule has 0 bridgehead atoms. The monoisotopic (exact) mass is 339 g/mol. The Hall–Kier alpha value is -1.18. The van der Waals surface area contributed by atoms with Crippen molar-refractivity contribution in [2.24, 2.45) is 7.05 Å². The lowest BCUT2D eigenvalue weighted by Crippen LogP contribution is -2.47. The Morgan fingerprint density at radius 1 is 1.27 bits per heavy atom. The van der Waals surface area contributed by atoms with Crippen molar-refractivity contribution in [3.8, 4) is 10.6 Å². The molecule has 2 aromatic heterocycles. The molecule has 3 heterocycles. The minimum Gasteiger partial charge on any atom is -0.274 e. The molecule has 0 aromatic carbocycles. The minimum absolute atomic E-state index is 0.0325. The Balaban J connectivity index is 2.10. The molecule has 2 unspecified atom stereocenters.